The third kappa shape index (κ3) is 5.01. The summed E-state index contributed by atoms with van der Waals surface area (Å²) in [6.07, 6.45) is 1.89. The van der Waals surface area contributed by atoms with Crippen molar-refractivity contribution in [2.75, 3.05) is 0 Å². The lowest BCUT2D eigenvalue weighted by Gasteiger charge is -2.40. The summed E-state index contributed by atoms with van der Waals surface area (Å²) in [6.45, 7) is 0. The van der Waals surface area contributed by atoms with Gasteiger partial charge in [0.1, 0.15) is 23.0 Å². The smallest absolute Gasteiger partial charge is 0.181 e. The largest absolute Gasteiger partial charge is 0.457 e. The lowest BCUT2D eigenvalue weighted by molar-refractivity contribution is 0.482. The molecule has 0 bridgehead atoms. The number of hydrogen-bond donors (Lipinski definition) is 0. The zero-order chi connectivity index (χ0) is 37.2. The second kappa shape index (κ2) is 13.0. The van der Waals surface area contributed by atoms with E-state index < -0.39 is 8.07 Å². The summed E-state index contributed by atoms with van der Waals surface area (Å²) in [4.78, 5) is 12.5. The van der Waals surface area contributed by atoms with E-state index in [0.717, 1.165) is 56.2 Å². The van der Waals surface area contributed by atoms with Crippen LogP contribution in [0.1, 0.15) is 0 Å². The molecule has 0 radical (unpaired) electrons. The summed E-state index contributed by atoms with van der Waals surface area (Å²) >= 11 is 1.88. The highest BCUT2D eigenvalue weighted by Crippen LogP contribution is 2.39. The highest BCUT2D eigenvalue weighted by Gasteiger charge is 2.47. The molecule has 0 amide bonds. The topological polar surface area (TPSA) is 44.9 Å². The molecule has 7 heteroatoms. The molecule has 1 aliphatic rings. The predicted molar refractivity (Wildman–Crippen MR) is 233 cm³/mol. The highest BCUT2D eigenvalue weighted by molar-refractivity contribution is 8.00. The minimum Gasteiger partial charge on any atom is -0.457 e. The van der Waals surface area contributed by atoms with Gasteiger partial charge in [0.05, 0.1) is 22.2 Å². The van der Waals surface area contributed by atoms with Crippen molar-refractivity contribution >= 4 is 73.6 Å². The fraction of sp³-hybridized carbons (Fsp3) is 0.0204. The molecule has 0 unspecified atom stereocenters. The summed E-state index contributed by atoms with van der Waals surface area (Å²) < 4.78 is 11.0. The van der Waals surface area contributed by atoms with E-state index in [1.165, 1.54) is 35.9 Å². The number of benzene rings is 7. The fourth-order valence-electron chi connectivity index (χ4n) is 8.73. The Balaban J connectivity index is 1.07. The Bertz CT molecular complexity index is 3080. The molecule has 0 spiro atoms. The van der Waals surface area contributed by atoms with Crippen LogP contribution in [-0.4, -0.2) is 27.2 Å². The molecule has 0 N–H and O–H groups in total. The van der Waals surface area contributed by atoms with Crippen LogP contribution >= 0.6 is 11.8 Å². The second-order valence-electron chi connectivity index (χ2n) is 14.3. The zero-order valence-electron chi connectivity index (χ0n) is 30.5. The molecular formula is C49H34N4OSSi. The first-order valence-corrected chi connectivity index (χ1v) is 21.6. The van der Waals surface area contributed by atoms with Crippen molar-refractivity contribution in [1.29, 1.82) is 0 Å². The second-order valence-corrected chi connectivity index (χ2v) is 19.1. The van der Waals surface area contributed by atoms with Gasteiger partial charge >= 0.3 is 0 Å². The van der Waals surface area contributed by atoms with Crippen molar-refractivity contribution in [2.24, 2.45) is 7.05 Å². The van der Waals surface area contributed by atoms with Gasteiger partial charge in [0.2, 0.25) is 0 Å². The minimum atomic E-state index is -2.72. The lowest BCUT2D eigenvalue weighted by Crippen LogP contribution is -2.76. The van der Waals surface area contributed by atoms with E-state index in [-0.39, 0.29) is 0 Å². The van der Waals surface area contributed by atoms with Crippen molar-refractivity contribution in [1.82, 2.24) is 19.1 Å². The maximum Gasteiger partial charge on any atom is 0.181 e. The van der Waals surface area contributed by atoms with Gasteiger partial charge in [-0.25, -0.2) is 9.97 Å². The van der Waals surface area contributed by atoms with Crippen molar-refractivity contribution in [3.05, 3.63) is 188 Å². The highest BCUT2D eigenvalue weighted by atomic mass is 32.2. The maximum absolute atomic E-state index is 6.60. The van der Waals surface area contributed by atoms with Gasteiger partial charge in [-0.1, -0.05) is 127 Å². The van der Waals surface area contributed by atoms with Crippen LogP contribution in [0.3, 0.4) is 0 Å². The van der Waals surface area contributed by atoms with Crippen LogP contribution in [0, 0.1) is 0 Å². The Labute approximate surface area is 329 Å². The van der Waals surface area contributed by atoms with Gasteiger partial charge < -0.3 is 9.30 Å². The average Bonchev–Trinajstić information content (AvgIpc) is 3.77. The van der Waals surface area contributed by atoms with E-state index in [0.29, 0.717) is 0 Å². The molecule has 0 aliphatic carbocycles. The van der Waals surface area contributed by atoms with E-state index in [1.807, 2.05) is 60.4 Å². The van der Waals surface area contributed by atoms with Crippen LogP contribution in [0.5, 0.6) is 11.5 Å². The lowest BCUT2D eigenvalue weighted by atomic mass is 10.2. The molecule has 0 saturated carbocycles. The van der Waals surface area contributed by atoms with E-state index in [4.69, 9.17) is 14.7 Å². The molecule has 7 aromatic carbocycles. The molecule has 10 aromatic rings. The van der Waals surface area contributed by atoms with Crippen molar-refractivity contribution in [3.63, 3.8) is 0 Å². The van der Waals surface area contributed by atoms with Crippen molar-refractivity contribution < 1.29 is 4.74 Å². The number of imidazole rings is 1. The number of para-hydroxylation sites is 2. The standard InChI is InChI=1S/C49H34N4OSSi/c1-52-42-25-9-8-24-41(42)51-48(52)33-15-12-17-35(29-33)54-36-18-13-16-34(30-36)53-43-32-45-47(31-40(43)39-23-14-28-50-49(39)53)56(37-19-4-2-5-20-37,38-21-6-3-7-22-38)46-27-11-10-26-44(46)55-45/h2-32H,1H3. The van der Waals surface area contributed by atoms with Gasteiger partial charge in [0, 0.05) is 45.4 Å². The van der Waals surface area contributed by atoms with Gasteiger partial charge in [-0.2, -0.15) is 0 Å². The maximum atomic E-state index is 6.60. The number of fused-ring (bicyclic) bond motifs is 6. The molecule has 5 nitrogen and oxygen atoms in total. The Hall–Kier alpha value is -6.67. The van der Waals surface area contributed by atoms with Crippen LogP contribution in [-0.2, 0) is 7.05 Å². The Morgan fingerprint density at radius 2 is 1.27 bits per heavy atom. The molecular weight excluding hydrogens is 721 g/mol. The third-order valence-corrected chi connectivity index (χ3v) is 17.5. The molecule has 266 valence electrons. The number of rotatable bonds is 6. The first kappa shape index (κ1) is 32.7. The Kier molecular flexibility index (Phi) is 7.59. The van der Waals surface area contributed by atoms with E-state index >= 15 is 0 Å². The number of nitrogens with zero attached hydrogens (tertiary/aromatic N) is 4. The Morgan fingerprint density at radius 1 is 0.554 bits per heavy atom. The molecule has 11 rings (SSSR count). The minimum absolute atomic E-state index is 0.747. The summed E-state index contributed by atoms with van der Waals surface area (Å²) in [5, 5.41) is 7.92. The van der Waals surface area contributed by atoms with E-state index in [9.17, 15) is 0 Å². The third-order valence-electron chi connectivity index (χ3n) is 11.1. The van der Waals surface area contributed by atoms with E-state index in [2.05, 4.69) is 156 Å². The van der Waals surface area contributed by atoms with Gasteiger partial charge in [-0.15, -0.1) is 0 Å². The van der Waals surface area contributed by atoms with Crippen LogP contribution in [0.25, 0.3) is 50.0 Å². The molecule has 4 heterocycles. The molecule has 56 heavy (non-hydrogen) atoms. The number of aryl methyl sites for hydroxylation is 1. The summed E-state index contributed by atoms with van der Waals surface area (Å²) in [7, 11) is -0.666. The first-order valence-electron chi connectivity index (χ1n) is 18.8. The molecule has 0 saturated heterocycles. The summed E-state index contributed by atoms with van der Waals surface area (Å²) in [5.41, 5.74) is 6.09. The SMILES string of the molecule is Cn1c(-c2cccc(Oc3cccc(-n4c5cc6c(cc5c5cccnc54)[Si](c4ccccc4)(c4ccccc4)c4ccccc4S6)c3)c2)nc2ccccc21. The zero-order valence-corrected chi connectivity index (χ0v) is 32.3. The van der Waals surface area contributed by atoms with Crippen molar-refractivity contribution in [2.45, 2.75) is 9.79 Å². The molecule has 3 aromatic heterocycles. The molecule has 0 atom stereocenters. The number of aromatic nitrogens is 4. The van der Waals surface area contributed by atoms with Gasteiger partial charge in [0.25, 0.3) is 0 Å². The van der Waals surface area contributed by atoms with Gasteiger partial charge in [-0.3, -0.25) is 4.57 Å². The number of pyridine rings is 1. The van der Waals surface area contributed by atoms with Crippen LogP contribution in [0.15, 0.2) is 198 Å². The number of hydrogen-bond acceptors (Lipinski definition) is 4. The molecule has 1 aliphatic heterocycles. The Morgan fingerprint density at radius 3 is 2.07 bits per heavy atom. The van der Waals surface area contributed by atoms with Crippen molar-refractivity contribution in [3.8, 4) is 28.6 Å². The van der Waals surface area contributed by atoms with Crippen LogP contribution in [0.4, 0.5) is 0 Å². The summed E-state index contributed by atoms with van der Waals surface area (Å²) in [6, 6.07) is 65.3. The van der Waals surface area contributed by atoms with E-state index in [1.54, 1.807) is 0 Å². The van der Waals surface area contributed by atoms with Gasteiger partial charge in [0.15, 0.2) is 8.07 Å². The first-order chi connectivity index (χ1) is 27.7. The summed E-state index contributed by atoms with van der Waals surface area (Å²) in [5.74, 6) is 2.40. The number of ether oxygens (including phenoxy) is 1. The average molecular weight is 755 g/mol. The van der Waals surface area contributed by atoms with Gasteiger partial charge in [-0.05, 0) is 81.4 Å². The predicted octanol–water partition coefficient (Wildman–Crippen LogP) is 9.37. The van der Waals surface area contributed by atoms with Crippen LogP contribution < -0.4 is 25.5 Å². The molecule has 0 fully saturated rings. The quantitative estimate of drug-likeness (QED) is 0.159. The fourth-order valence-corrected chi connectivity index (χ4v) is 15.7. The van der Waals surface area contributed by atoms with Crippen LogP contribution in [0.2, 0.25) is 0 Å². The normalized spacial score (nSPS) is 13.2. The monoisotopic (exact) mass is 754 g/mol.